The molecule has 66 valence electrons. The topological polar surface area (TPSA) is 8.81 Å². The molecule has 2 heterocycles. The lowest BCUT2D eigenvalue weighted by atomic mass is 10.2. The lowest BCUT2D eigenvalue weighted by molar-refractivity contribution is -0.704. The lowest BCUT2D eigenvalue weighted by Crippen LogP contribution is -2.38. The third-order valence-electron chi connectivity index (χ3n) is 2.60. The van der Waals surface area contributed by atoms with E-state index in [-0.39, 0.29) is 0 Å². The molecule has 1 aliphatic rings. The Morgan fingerprint density at radius 2 is 2.42 bits per heavy atom. The summed E-state index contributed by atoms with van der Waals surface area (Å²) in [5.41, 5.74) is 0. The summed E-state index contributed by atoms with van der Waals surface area (Å²) in [4.78, 5) is 0. The molecule has 0 saturated heterocycles. The van der Waals surface area contributed by atoms with Crippen LogP contribution in [-0.2, 0) is 19.5 Å². The second kappa shape index (κ2) is 3.30. The summed E-state index contributed by atoms with van der Waals surface area (Å²) >= 11 is 0. The van der Waals surface area contributed by atoms with Crippen molar-refractivity contribution in [2.45, 2.75) is 45.7 Å². The Morgan fingerprint density at radius 3 is 3.25 bits per heavy atom. The first-order chi connectivity index (χ1) is 5.92. The van der Waals surface area contributed by atoms with Crippen molar-refractivity contribution in [2.75, 3.05) is 0 Å². The molecule has 2 nitrogen and oxygen atoms in total. The highest BCUT2D eigenvalue weighted by Crippen LogP contribution is 2.10. The lowest BCUT2D eigenvalue weighted by Gasteiger charge is -2.08. The van der Waals surface area contributed by atoms with Gasteiger partial charge in [-0.1, -0.05) is 6.92 Å². The van der Waals surface area contributed by atoms with Gasteiger partial charge in [0, 0.05) is 6.42 Å². The van der Waals surface area contributed by atoms with Gasteiger partial charge in [-0.3, -0.25) is 0 Å². The zero-order valence-electron chi connectivity index (χ0n) is 7.79. The van der Waals surface area contributed by atoms with E-state index in [0.29, 0.717) is 0 Å². The maximum absolute atomic E-state index is 2.40. The van der Waals surface area contributed by atoms with Crippen LogP contribution in [0.3, 0.4) is 0 Å². The number of imidazole rings is 1. The van der Waals surface area contributed by atoms with Crippen LogP contribution in [0.2, 0.25) is 0 Å². The Balaban J connectivity index is 2.25. The fraction of sp³-hybridized carbons (Fsp3) is 0.700. The summed E-state index contributed by atoms with van der Waals surface area (Å²) in [5.74, 6) is 1.53. The van der Waals surface area contributed by atoms with E-state index in [1.165, 1.54) is 44.6 Å². The summed E-state index contributed by atoms with van der Waals surface area (Å²) in [6.07, 6.45) is 9.69. The monoisotopic (exact) mass is 165 g/mol. The molecule has 0 radical (unpaired) electrons. The standard InChI is InChI=1S/C10H17N2/c1-2-6-11-8-9-12-7-4-3-5-10(11)12/h8-9H,2-7H2,1H3/q+1. The van der Waals surface area contributed by atoms with Crippen molar-refractivity contribution < 1.29 is 4.57 Å². The van der Waals surface area contributed by atoms with Crippen molar-refractivity contribution in [1.29, 1.82) is 0 Å². The van der Waals surface area contributed by atoms with E-state index in [1.54, 1.807) is 0 Å². The Morgan fingerprint density at radius 1 is 1.50 bits per heavy atom. The van der Waals surface area contributed by atoms with Gasteiger partial charge in [0.15, 0.2) is 0 Å². The van der Waals surface area contributed by atoms with Crippen LogP contribution in [0.5, 0.6) is 0 Å². The molecule has 2 rings (SSSR count). The van der Waals surface area contributed by atoms with E-state index in [0.717, 1.165) is 0 Å². The van der Waals surface area contributed by atoms with Crippen LogP contribution in [0.25, 0.3) is 0 Å². The zero-order valence-corrected chi connectivity index (χ0v) is 7.79. The molecular formula is C10H17N2+. The van der Waals surface area contributed by atoms with Crippen LogP contribution in [0, 0.1) is 0 Å². The molecule has 0 fully saturated rings. The highest BCUT2D eigenvalue weighted by molar-refractivity contribution is 4.87. The van der Waals surface area contributed by atoms with E-state index in [9.17, 15) is 0 Å². The Bertz CT molecular complexity index is 263. The maximum Gasteiger partial charge on any atom is 0.256 e. The minimum Gasteiger partial charge on any atom is -0.234 e. The Kier molecular flexibility index (Phi) is 2.15. The van der Waals surface area contributed by atoms with Crippen molar-refractivity contribution >= 4 is 0 Å². The van der Waals surface area contributed by atoms with Gasteiger partial charge in [0.1, 0.15) is 12.4 Å². The highest BCUT2D eigenvalue weighted by atomic mass is 15.1. The average Bonchev–Trinajstić information content (AvgIpc) is 2.50. The average molecular weight is 165 g/mol. The molecule has 0 aliphatic carbocycles. The summed E-state index contributed by atoms with van der Waals surface area (Å²) in [6.45, 7) is 4.65. The first-order valence-electron chi connectivity index (χ1n) is 4.99. The first kappa shape index (κ1) is 7.84. The Hall–Kier alpha value is -0.790. The van der Waals surface area contributed by atoms with Crippen LogP contribution in [0.15, 0.2) is 12.4 Å². The molecule has 1 aliphatic heterocycles. The van der Waals surface area contributed by atoms with Gasteiger partial charge >= 0.3 is 0 Å². The van der Waals surface area contributed by atoms with Gasteiger partial charge in [-0.2, -0.15) is 0 Å². The van der Waals surface area contributed by atoms with Gasteiger partial charge in [0.25, 0.3) is 5.82 Å². The normalized spacial score (nSPS) is 16.1. The van der Waals surface area contributed by atoms with Crippen LogP contribution < -0.4 is 4.57 Å². The van der Waals surface area contributed by atoms with E-state index >= 15 is 0 Å². The minimum absolute atomic E-state index is 1.18. The zero-order chi connectivity index (χ0) is 8.39. The fourth-order valence-electron chi connectivity index (χ4n) is 2.00. The number of rotatable bonds is 2. The molecule has 0 saturated carbocycles. The quantitative estimate of drug-likeness (QED) is 0.588. The van der Waals surface area contributed by atoms with E-state index in [2.05, 4.69) is 28.5 Å². The van der Waals surface area contributed by atoms with Crippen LogP contribution in [0.1, 0.15) is 32.0 Å². The van der Waals surface area contributed by atoms with Gasteiger partial charge in [-0.15, -0.1) is 0 Å². The summed E-state index contributed by atoms with van der Waals surface area (Å²) in [6, 6.07) is 0. The SMILES string of the molecule is CCC[n+]1ccn2c1CCCC2. The molecule has 12 heavy (non-hydrogen) atoms. The molecule has 0 amide bonds. The van der Waals surface area contributed by atoms with Crippen molar-refractivity contribution in [3.8, 4) is 0 Å². The molecule has 0 N–H and O–H groups in total. The van der Waals surface area contributed by atoms with Crippen molar-refractivity contribution in [3.05, 3.63) is 18.2 Å². The number of aryl methyl sites for hydroxylation is 2. The fourth-order valence-corrected chi connectivity index (χ4v) is 2.00. The van der Waals surface area contributed by atoms with Crippen LogP contribution in [-0.4, -0.2) is 4.57 Å². The molecule has 0 spiro atoms. The number of hydrogen-bond donors (Lipinski definition) is 0. The van der Waals surface area contributed by atoms with E-state index in [1.807, 2.05) is 0 Å². The Labute approximate surface area is 73.8 Å². The molecular weight excluding hydrogens is 148 g/mol. The molecule has 2 heteroatoms. The summed E-state index contributed by atoms with van der Waals surface area (Å²) in [5, 5.41) is 0. The summed E-state index contributed by atoms with van der Waals surface area (Å²) in [7, 11) is 0. The van der Waals surface area contributed by atoms with Gasteiger partial charge in [0.2, 0.25) is 0 Å². The van der Waals surface area contributed by atoms with Gasteiger partial charge < -0.3 is 0 Å². The molecule has 1 aromatic heterocycles. The minimum atomic E-state index is 1.18. The molecule has 0 unspecified atom stereocenters. The molecule has 0 aromatic carbocycles. The predicted octanol–water partition coefficient (Wildman–Crippen LogP) is 1.52. The molecule has 1 aromatic rings. The predicted molar refractivity (Wildman–Crippen MR) is 47.9 cm³/mol. The number of hydrogen-bond acceptors (Lipinski definition) is 0. The van der Waals surface area contributed by atoms with E-state index in [4.69, 9.17) is 0 Å². The van der Waals surface area contributed by atoms with Gasteiger partial charge in [0.05, 0.1) is 13.1 Å². The maximum atomic E-state index is 2.40. The highest BCUT2D eigenvalue weighted by Gasteiger charge is 2.19. The third kappa shape index (κ3) is 1.26. The van der Waals surface area contributed by atoms with Gasteiger partial charge in [-0.25, -0.2) is 9.13 Å². The van der Waals surface area contributed by atoms with Crippen molar-refractivity contribution in [2.24, 2.45) is 0 Å². The van der Waals surface area contributed by atoms with Crippen LogP contribution in [0.4, 0.5) is 0 Å². The third-order valence-corrected chi connectivity index (χ3v) is 2.60. The van der Waals surface area contributed by atoms with Gasteiger partial charge in [-0.05, 0) is 19.3 Å². The van der Waals surface area contributed by atoms with Crippen molar-refractivity contribution in [1.82, 2.24) is 4.57 Å². The number of aromatic nitrogens is 2. The number of nitrogens with zero attached hydrogens (tertiary/aromatic N) is 2. The van der Waals surface area contributed by atoms with Crippen LogP contribution >= 0.6 is 0 Å². The second-order valence-electron chi connectivity index (χ2n) is 3.56. The first-order valence-corrected chi connectivity index (χ1v) is 4.99. The summed E-state index contributed by atoms with van der Waals surface area (Å²) < 4.78 is 4.80. The largest absolute Gasteiger partial charge is 0.256 e. The smallest absolute Gasteiger partial charge is 0.234 e. The second-order valence-corrected chi connectivity index (χ2v) is 3.56. The molecule has 0 bridgehead atoms. The van der Waals surface area contributed by atoms with Crippen molar-refractivity contribution in [3.63, 3.8) is 0 Å². The van der Waals surface area contributed by atoms with E-state index < -0.39 is 0 Å². The molecule has 0 atom stereocenters. The number of fused-ring (bicyclic) bond motifs is 1.